The molecule has 2 nitrogen and oxygen atoms in total. The van der Waals surface area contributed by atoms with Gasteiger partial charge >= 0.3 is 0 Å². The summed E-state index contributed by atoms with van der Waals surface area (Å²) >= 11 is 1.98. The molecule has 0 unspecified atom stereocenters. The molecule has 1 aromatic heterocycles. The number of nitrogens with zero attached hydrogens (tertiary/aromatic N) is 1. The molecule has 1 aliphatic heterocycles. The molecular formula is C9H12N2S. The lowest BCUT2D eigenvalue weighted by Crippen LogP contribution is -2.33. The van der Waals surface area contributed by atoms with Gasteiger partial charge in [0, 0.05) is 23.7 Å². The van der Waals surface area contributed by atoms with Gasteiger partial charge in [-0.3, -0.25) is 0 Å². The molecule has 1 aromatic rings. The van der Waals surface area contributed by atoms with Crippen LogP contribution in [-0.2, 0) is 0 Å². The molecule has 2 heterocycles. The molecule has 1 fully saturated rings. The highest BCUT2D eigenvalue weighted by atomic mass is 32.2. The van der Waals surface area contributed by atoms with Crippen molar-refractivity contribution in [2.24, 2.45) is 0 Å². The van der Waals surface area contributed by atoms with E-state index in [4.69, 9.17) is 0 Å². The van der Waals surface area contributed by atoms with E-state index in [-0.39, 0.29) is 0 Å². The van der Waals surface area contributed by atoms with E-state index in [2.05, 4.69) is 23.3 Å². The predicted molar refractivity (Wildman–Crippen MR) is 53.7 cm³/mol. The molecule has 12 heavy (non-hydrogen) atoms. The highest BCUT2D eigenvalue weighted by molar-refractivity contribution is 8.00. The molecule has 1 N–H and O–H groups in total. The van der Waals surface area contributed by atoms with E-state index in [1.54, 1.807) is 0 Å². The third-order valence-corrected chi connectivity index (χ3v) is 3.26. The highest BCUT2D eigenvalue weighted by Gasteiger charge is 2.18. The maximum atomic E-state index is 4.28. The minimum absolute atomic E-state index is 0.642. The van der Waals surface area contributed by atoms with Gasteiger partial charge in [0.25, 0.3) is 0 Å². The number of nitrogens with one attached hydrogen (secondary N) is 1. The molecule has 0 saturated carbocycles. The zero-order chi connectivity index (χ0) is 8.39. The average molecular weight is 180 g/mol. The monoisotopic (exact) mass is 180 g/mol. The molecule has 0 aliphatic carbocycles. The minimum atomic E-state index is 0.642. The summed E-state index contributed by atoms with van der Waals surface area (Å²) in [5, 5.41) is 3.41. The van der Waals surface area contributed by atoms with Gasteiger partial charge < -0.3 is 5.32 Å². The molecule has 3 heteroatoms. The van der Waals surface area contributed by atoms with Gasteiger partial charge in [-0.15, -0.1) is 0 Å². The molecule has 0 spiro atoms. The zero-order valence-corrected chi connectivity index (χ0v) is 7.90. The van der Waals surface area contributed by atoms with Gasteiger partial charge in [0.15, 0.2) is 0 Å². The molecular weight excluding hydrogens is 168 g/mol. The maximum absolute atomic E-state index is 4.28. The average Bonchev–Trinajstić information content (AvgIpc) is 2.00. The Morgan fingerprint density at radius 2 is 2.42 bits per heavy atom. The van der Waals surface area contributed by atoms with Crippen molar-refractivity contribution >= 4 is 17.6 Å². The van der Waals surface area contributed by atoms with E-state index in [0.29, 0.717) is 6.04 Å². The smallest absolute Gasteiger partial charge is 0.129 e. The van der Waals surface area contributed by atoms with Gasteiger partial charge in [-0.25, -0.2) is 4.98 Å². The summed E-state index contributed by atoms with van der Waals surface area (Å²) in [7, 11) is 0. The number of aryl methyl sites for hydroxylation is 1. The molecule has 0 atom stereocenters. The van der Waals surface area contributed by atoms with Crippen LogP contribution in [0, 0.1) is 6.92 Å². The Kier molecular flexibility index (Phi) is 2.21. The second-order valence-electron chi connectivity index (χ2n) is 3.05. The Morgan fingerprint density at radius 3 is 3.00 bits per heavy atom. The van der Waals surface area contributed by atoms with Crippen LogP contribution < -0.4 is 5.32 Å². The van der Waals surface area contributed by atoms with E-state index in [1.807, 2.05) is 24.0 Å². The second kappa shape index (κ2) is 3.35. The van der Waals surface area contributed by atoms with Crippen molar-refractivity contribution < 1.29 is 0 Å². The number of aromatic nitrogens is 1. The topological polar surface area (TPSA) is 24.9 Å². The van der Waals surface area contributed by atoms with Crippen LogP contribution >= 0.6 is 11.8 Å². The fourth-order valence-electron chi connectivity index (χ4n) is 1.15. The molecule has 1 aliphatic rings. The fourth-order valence-corrected chi connectivity index (χ4v) is 1.79. The van der Waals surface area contributed by atoms with Crippen LogP contribution in [0.15, 0.2) is 18.3 Å². The Hall–Kier alpha value is -0.700. The minimum Gasteiger partial charge on any atom is -0.365 e. The van der Waals surface area contributed by atoms with Crippen LogP contribution in [0.25, 0.3) is 0 Å². The van der Waals surface area contributed by atoms with E-state index >= 15 is 0 Å². The summed E-state index contributed by atoms with van der Waals surface area (Å²) in [6.07, 6.45) is 1.83. The lowest BCUT2D eigenvalue weighted by atomic mass is 10.2. The van der Waals surface area contributed by atoms with Crippen molar-refractivity contribution in [1.82, 2.24) is 4.98 Å². The molecule has 0 aromatic carbocycles. The standard InChI is InChI=1S/C9H12N2S/c1-7-3-2-4-10-9(7)11-8-5-12-6-8/h2-4,8H,5-6H2,1H3,(H,10,11). The first-order valence-corrected chi connectivity index (χ1v) is 5.27. The fraction of sp³-hybridized carbons (Fsp3) is 0.444. The predicted octanol–water partition coefficient (Wildman–Crippen LogP) is 1.92. The molecule has 64 valence electrons. The SMILES string of the molecule is Cc1cccnc1NC1CSC1. The Labute approximate surface area is 76.8 Å². The summed E-state index contributed by atoms with van der Waals surface area (Å²) < 4.78 is 0. The maximum Gasteiger partial charge on any atom is 0.129 e. The summed E-state index contributed by atoms with van der Waals surface area (Å²) in [5.74, 6) is 3.48. The molecule has 0 amide bonds. The lowest BCUT2D eigenvalue weighted by molar-refractivity contribution is 0.870. The van der Waals surface area contributed by atoms with Gasteiger partial charge in [-0.05, 0) is 18.6 Å². The number of hydrogen-bond acceptors (Lipinski definition) is 3. The molecule has 2 rings (SSSR count). The van der Waals surface area contributed by atoms with Crippen molar-refractivity contribution in [2.75, 3.05) is 16.8 Å². The summed E-state index contributed by atoms with van der Waals surface area (Å²) in [5.41, 5.74) is 1.23. The van der Waals surface area contributed by atoms with E-state index in [9.17, 15) is 0 Å². The van der Waals surface area contributed by atoms with Gasteiger partial charge in [-0.2, -0.15) is 11.8 Å². The summed E-state index contributed by atoms with van der Waals surface area (Å²) in [4.78, 5) is 4.28. The summed E-state index contributed by atoms with van der Waals surface area (Å²) in [6.45, 7) is 2.08. The summed E-state index contributed by atoms with van der Waals surface area (Å²) in [6, 6.07) is 4.69. The first-order valence-electron chi connectivity index (χ1n) is 4.12. The third kappa shape index (κ3) is 1.55. The van der Waals surface area contributed by atoms with Gasteiger partial charge in [0.2, 0.25) is 0 Å². The van der Waals surface area contributed by atoms with Crippen LogP contribution in [0.3, 0.4) is 0 Å². The van der Waals surface area contributed by atoms with Crippen molar-refractivity contribution in [3.8, 4) is 0 Å². The molecule has 1 saturated heterocycles. The highest BCUT2D eigenvalue weighted by Crippen LogP contribution is 2.22. The van der Waals surface area contributed by atoms with Crippen molar-refractivity contribution in [3.63, 3.8) is 0 Å². The first-order chi connectivity index (χ1) is 5.86. The number of rotatable bonds is 2. The number of thioether (sulfide) groups is 1. The lowest BCUT2D eigenvalue weighted by Gasteiger charge is -2.26. The number of anilines is 1. The van der Waals surface area contributed by atoms with Crippen molar-refractivity contribution in [1.29, 1.82) is 0 Å². The van der Waals surface area contributed by atoms with Crippen LogP contribution in [0.4, 0.5) is 5.82 Å². The van der Waals surface area contributed by atoms with Gasteiger partial charge in [0.1, 0.15) is 5.82 Å². The third-order valence-electron chi connectivity index (χ3n) is 1.99. The van der Waals surface area contributed by atoms with Crippen LogP contribution in [0.5, 0.6) is 0 Å². The number of hydrogen-bond donors (Lipinski definition) is 1. The Bertz CT molecular complexity index is 271. The van der Waals surface area contributed by atoms with E-state index in [0.717, 1.165) is 5.82 Å². The van der Waals surface area contributed by atoms with Crippen molar-refractivity contribution in [3.05, 3.63) is 23.9 Å². The first kappa shape index (κ1) is 7.92. The van der Waals surface area contributed by atoms with Crippen LogP contribution in [0.1, 0.15) is 5.56 Å². The normalized spacial score (nSPS) is 17.1. The number of pyridine rings is 1. The largest absolute Gasteiger partial charge is 0.365 e. The molecule has 0 radical (unpaired) electrons. The Morgan fingerprint density at radius 1 is 1.58 bits per heavy atom. The van der Waals surface area contributed by atoms with E-state index < -0.39 is 0 Å². The van der Waals surface area contributed by atoms with Gasteiger partial charge in [0.05, 0.1) is 0 Å². The van der Waals surface area contributed by atoms with Gasteiger partial charge in [-0.1, -0.05) is 6.07 Å². The van der Waals surface area contributed by atoms with Crippen LogP contribution in [0.2, 0.25) is 0 Å². The zero-order valence-electron chi connectivity index (χ0n) is 7.08. The quantitative estimate of drug-likeness (QED) is 0.752. The van der Waals surface area contributed by atoms with Crippen LogP contribution in [-0.4, -0.2) is 22.5 Å². The van der Waals surface area contributed by atoms with Crippen molar-refractivity contribution in [2.45, 2.75) is 13.0 Å². The van der Waals surface area contributed by atoms with E-state index in [1.165, 1.54) is 17.1 Å². The second-order valence-corrected chi connectivity index (χ2v) is 4.12. The molecule has 0 bridgehead atoms. The Balaban J connectivity index is 2.06.